The van der Waals surface area contributed by atoms with Crippen LogP contribution in [0, 0.1) is 6.92 Å². The lowest BCUT2D eigenvalue weighted by atomic mass is 9.87. The van der Waals surface area contributed by atoms with Gasteiger partial charge in [-0.3, -0.25) is 4.79 Å². The zero-order valence-corrected chi connectivity index (χ0v) is 16.2. The van der Waals surface area contributed by atoms with Crippen LogP contribution in [0.4, 0.5) is 0 Å². The van der Waals surface area contributed by atoms with Gasteiger partial charge in [-0.15, -0.1) is 0 Å². The highest BCUT2D eigenvalue weighted by Gasteiger charge is 2.43. The molecule has 1 aliphatic carbocycles. The molecule has 1 aromatic carbocycles. The third-order valence-electron chi connectivity index (χ3n) is 6.01. The van der Waals surface area contributed by atoms with Crippen molar-refractivity contribution in [2.24, 2.45) is 0 Å². The van der Waals surface area contributed by atoms with E-state index >= 15 is 0 Å². The van der Waals surface area contributed by atoms with E-state index in [1.807, 2.05) is 0 Å². The maximum absolute atomic E-state index is 13.1. The first-order chi connectivity index (χ1) is 12.4. The standard InChI is InChI=1S/C22H30N2O2/c1-15-7-6-8-17-21(15)16(13-23-17)11-12-20(25)24-14-22(2,3)26-19-10-5-4-9-18(19)24/h6-8,13,18-19,23H,4-5,9-12,14H2,1-3H3. The highest BCUT2D eigenvalue weighted by molar-refractivity contribution is 5.87. The van der Waals surface area contributed by atoms with Crippen molar-refractivity contribution in [2.75, 3.05) is 6.54 Å². The quantitative estimate of drug-likeness (QED) is 0.890. The number of aryl methyl sites for hydroxylation is 2. The first kappa shape index (κ1) is 17.6. The highest BCUT2D eigenvalue weighted by atomic mass is 16.5. The third kappa shape index (κ3) is 3.27. The molecule has 0 radical (unpaired) electrons. The van der Waals surface area contributed by atoms with Crippen molar-refractivity contribution < 1.29 is 9.53 Å². The van der Waals surface area contributed by atoms with Crippen LogP contribution in [0.5, 0.6) is 0 Å². The lowest BCUT2D eigenvalue weighted by Crippen LogP contribution is -2.61. The second-order valence-electron chi connectivity index (χ2n) is 8.60. The fourth-order valence-electron chi connectivity index (χ4n) is 4.85. The Morgan fingerprint density at radius 2 is 2.12 bits per heavy atom. The van der Waals surface area contributed by atoms with Crippen molar-refractivity contribution in [1.82, 2.24) is 9.88 Å². The summed E-state index contributed by atoms with van der Waals surface area (Å²) in [6.45, 7) is 7.07. The number of H-pyrrole nitrogens is 1. The Hall–Kier alpha value is -1.81. The van der Waals surface area contributed by atoms with Gasteiger partial charge in [0.15, 0.2) is 0 Å². The Morgan fingerprint density at radius 3 is 2.96 bits per heavy atom. The number of aromatic nitrogens is 1. The first-order valence-electron chi connectivity index (χ1n) is 9.97. The average Bonchev–Trinajstić information content (AvgIpc) is 3.02. The van der Waals surface area contributed by atoms with Crippen LogP contribution in [-0.4, -0.2) is 40.1 Å². The summed E-state index contributed by atoms with van der Waals surface area (Å²) < 4.78 is 6.28. The third-order valence-corrected chi connectivity index (χ3v) is 6.01. The first-order valence-corrected chi connectivity index (χ1v) is 9.97. The predicted octanol–water partition coefficient (Wildman–Crippen LogP) is 4.36. The van der Waals surface area contributed by atoms with Crippen LogP contribution in [0.25, 0.3) is 10.9 Å². The van der Waals surface area contributed by atoms with E-state index in [2.05, 4.69) is 55.1 Å². The van der Waals surface area contributed by atoms with Crippen LogP contribution in [0.15, 0.2) is 24.4 Å². The van der Waals surface area contributed by atoms with Crippen molar-refractivity contribution in [3.8, 4) is 0 Å². The largest absolute Gasteiger partial charge is 0.368 e. The van der Waals surface area contributed by atoms with E-state index in [1.165, 1.54) is 29.4 Å². The number of fused-ring (bicyclic) bond motifs is 2. The lowest BCUT2D eigenvalue weighted by molar-refractivity contribution is -0.185. The van der Waals surface area contributed by atoms with Gasteiger partial charge in [0, 0.05) is 30.1 Å². The van der Waals surface area contributed by atoms with Gasteiger partial charge in [-0.25, -0.2) is 0 Å². The Kier molecular flexibility index (Phi) is 4.55. The van der Waals surface area contributed by atoms with Gasteiger partial charge < -0.3 is 14.6 Å². The molecule has 1 aliphatic heterocycles. The molecule has 0 bridgehead atoms. The van der Waals surface area contributed by atoms with Crippen molar-refractivity contribution >= 4 is 16.8 Å². The van der Waals surface area contributed by atoms with E-state index in [-0.39, 0.29) is 23.7 Å². The molecule has 1 N–H and O–H groups in total. The summed E-state index contributed by atoms with van der Waals surface area (Å²) in [5, 5.41) is 1.28. The molecular formula is C22H30N2O2. The number of morpholine rings is 1. The fraction of sp³-hybridized carbons (Fsp3) is 0.591. The minimum Gasteiger partial charge on any atom is -0.368 e. The molecule has 140 valence electrons. The number of rotatable bonds is 3. The number of carbonyl (C=O) groups is 1. The van der Waals surface area contributed by atoms with Crippen LogP contribution in [-0.2, 0) is 16.0 Å². The number of aromatic amines is 1. The van der Waals surface area contributed by atoms with Gasteiger partial charge >= 0.3 is 0 Å². The Bertz CT molecular complexity index is 808. The second kappa shape index (κ2) is 6.73. The molecule has 1 saturated heterocycles. The molecule has 2 heterocycles. The molecule has 4 heteroatoms. The average molecular weight is 354 g/mol. The van der Waals surface area contributed by atoms with Crippen LogP contribution in [0.3, 0.4) is 0 Å². The minimum atomic E-state index is -0.245. The SMILES string of the molecule is Cc1cccc2[nH]cc(CCC(=O)N3CC(C)(C)OC4CCCCC43)c12. The maximum atomic E-state index is 13.1. The molecule has 1 aromatic heterocycles. The van der Waals surface area contributed by atoms with Gasteiger partial charge in [0.25, 0.3) is 0 Å². The summed E-state index contributed by atoms with van der Waals surface area (Å²) in [5.41, 5.74) is 3.43. The maximum Gasteiger partial charge on any atom is 0.223 e. The van der Waals surface area contributed by atoms with Gasteiger partial charge in [-0.2, -0.15) is 0 Å². The summed E-state index contributed by atoms with van der Waals surface area (Å²) in [6.07, 6.45) is 8.23. The smallest absolute Gasteiger partial charge is 0.223 e. The van der Waals surface area contributed by atoms with Gasteiger partial charge in [0.05, 0.1) is 17.7 Å². The zero-order valence-electron chi connectivity index (χ0n) is 16.2. The summed E-state index contributed by atoms with van der Waals surface area (Å²) in [7, 11) is 0. The normalized spacial score (nSPS) is 25.3. The Balaban J connectivity index is 1.49. The minimum absolute atomic E-state index is 0.215. The van der Waals surface area contributed by atoms with Crippen molar-refractivity contribution in [2.45, 2.75) is 77.0 Å². The lowest BCUT2D eigenvalue weighted by Gasteiger charge is -2.50. The number of hydrogen-bond donors (Lipinski definition) is 1. The molecule has 4 rings (SSSR count). The highest BCUT2D eigenvalue weighted by Crippen LogP contribution is 2.35. The number of ether oxygens (including phenoxy) is 1. The molecule has 2 aromatic rings. The zero-order chi connectivity index (χ0) is 18.3. The van der Waals surface area contributed by atoms with Crippen molar-refractivity contribution in [3.05, 3.63) is 35.5 Å². The monoisotopic (exact) mass is 354 g/mol. The van der Waals surface area contributed by atoms with Gasteiger partial charge in [-0.1, -0.05) is 25.0 Å². The number of amides is 1. The number of hydrogen-bond acceptors (Lipinski definition) is 2. The van der Waals surface area contributed by atoms with E-state index < -0.39 is 0 Å². The summed E-state index contributed by atoms with van der Waals surface area (Å²) >= 11 is 0. The molecule has 2 unspecified atom stereocenters. The van der Waals surface area contributed by atoms with Gasteiger partial charge in [-0.05, 0) is 57.2 Å². The molecule has 2 atom stereocenters. The molecule has 2 aliphatic rings. The summed E-state index contributed by atoms with van der Waals surface area (Å²) in [4.78, 5) is 18.6. The molecule has 0 spiro atoms. The molecule has 26 heavy (non-hydrogen) atoms. The molecule has 4 nitrogen and oxygen atoms in total. The number of nitrogens with one attached hydrogen (secondary N) is 1. The van der Waals surface area contributed by atoms with Gasteiger partial charge in [0.2, 0.25) is 5.91 Å². The van der Waals surface area contributed by atoms with E-state index in [0.717, 1.165) is 24.8 Å². The predicted molar refractivity (Wildman–Crippen MR) is 104 cm³/mol. The Labute approximate surface area is 155 Å². The summed E-state index contributed by atoms with van der Waals surface area (Å²) in [5.74, 6) is 0.279. The number of nitrogens with zero attached hydrogens (tertiary/aromatic N) is 1. The summed E-state index contributed by atoms with van der Waals surface area (Å²) in [6, 6.07) is 6.58. The molecular weight excluding hydrogens is 324 g/mol. The second-order valence-corrected chi connectivity index (χ2v) is 8.60. The Morgan fingerprint density at radius 1 is 1.31 bits per heavy atom. The van der Waals surface area contributed by atoms with Crippen LogP contribution in [0.1, 0.15) is 57.1 Å². The van der Waals surface area contributed by atoms with Crippen LogP contribution < -0.4 is 0 Å². The van der Waals surface area contributed by atoms with E-state index in [4.69, 9.17) is 4.74 Å². The fourth-order valence-corrected chi connectivity index (χ4v) is 4.85. The molecule has 2 fully saturated rings. The topological polar surface area (TPSA) is 45.3 Å². The van der Waals surface area contributed by atoms with Crippen molar-refractivity contribution in [3.63, 3.8) is 0 Å². The number of carbonyl (C=O) groups excluding carboxylic acids is 1. The van der Waals surface area contributed by atoms with Crippen LogP contribution in [0.2, 0.25) is 0 Å². The molecule has 1 amide bonds. The number of benzene rings is 1. The van der Waals surface area contributed by atoms with E-state index in [1.54, 1.807) is 0 Å². The van der Waals surface area contributed by atoms with E-state index in [9.17, 15) is 4.79 Å². The van der Waals surface area contributed by atoms with E-state index in [0.29, 0.717) is 13.0 Å². The van der Waals surface area contributed by atoms with Crippen molar-refractivity contribution in [1.29, 1.82) is 0 Å². The van der Waals surface area contributed by atoms with Gasteiger partial charge in [0.1, 0.15) is 0 Å². The molecule has 1 saturated carbocycles. The van der Waals surface area contributed by atoms with Crippen LogP contribution >= 0.6 is 0 Å².